The molecule has 1 unspecified atom stereocenters. The highest BCUT2D eigenvalue weighted by Gasteiger charge is 2.38. The average molecular weight is 268 g/mol. The normalized spacial score (nSPS) is 14.2. The van der Waals surface area contributed by atoms with Crippen molar-refractivity contribution in [3.05, 3.63) is 29.6 Å². The number of rotatable bonds is 6. The number of benzene rings is 1. The van der Waals surface area contributed by atoms with Gasteiger partial charge in [0.25, 0.3) is 0 Å². The first-order valence-corrected chi connectivity index (χ1v) is 6.20. The van der Waals surface area contributed by atoms with E-state index in [1.54, 1.807) is 13.0 Å². The van der Waals surface area contributed by atoms with Gasteiger partial charge in [-0.1, -0.05) is 19.9 Å². The van der Waals surface area contributed by atoms with Crippen molar-refractivity contribution < 1.29 is 13.9 Å². The predicted octanol–water partition coefficient (Wildman–Crippen LogP) is 1.78. The molecule has 1 aromatic carbocycles. The number of ether oxygens (including phenoxy) is 1. The third-order valence-electron chi connectivity index (χ3n) is 3.05. The van der Waals surface area contributed by atoms with Crippen LogP contribution in [-0.4, -0.2) is 19.6 Å². The number of hydrogen-bond donors (Lipinski definition) is 2. The second kappa shape index (κ2) is 6.02. The van der Waals surface area contributed by atoms with Gasteiger partial charge in [-0.15, -0.1) is 0 Å². The van der Waals surface area contributed by atoms with E-state index in [1.165, 1.54) is 19.2 Å². The number of carbonyl (C=O) groups is 1. The zero-order chi connectivity index (χ0) is 14.6. The lowest BCUT2D eigenvalue weighted by Crippen LogP contribution is -2.52. The van der Waals surface area contributed by atoms with Crippen molar-refractivity contribution >= 4 is 5.91 Å². The summed E-state index contributed by atoms with van der Waals surface area (Å²) in [6.45, 7) is 6.09. The van der Waals surface area contributed by atoms with E-state index in [-0.39, 0.29) is 5.56 Å². The van der Waals surface area contributed by atoms with Gasteiger partial charge in [0.2, 0.25) is 5.91 Å². The lowest BCUT2D eigenvalue weighted by Gasteiger charge is -2.30. The number of carbonyl (C=O) groups excluding carboxylic acids is 1. The summed E-state index contributed by atoms with van der Waals surface area (Å²) in [5.74, 6) is -0.553. The maximum absolute atomic E-state index is 14.1. The molecule has 1 rings (SSSR count). The molecule has 0 aliphatic carbocycles. The summed E-state index contributed by atoms with van der Waals surface area (Å²) in [5, 5.41) is 3.03. The van der Waals surface area contributed by atoms with Crippen LogP contribution in [0.2, 0.25) is 0 Å². The molecule has 0 radical (unpaired) electrons. The van der Waals surface area contributed by atoms with Crippen LogP contribution in [0.3, 0.4) is 0 Å². The average Bonchev–Trinajstić information content (AvgIpc) is 2.35. The van der Waals surface area contributed by atoms with Crippen molar-refractivity contribution in [1.29, 1.82) is 0 Å². The van der Waals surface area contributed by atoms with Gasteiger partial charge in [-0.2, -0.15) is 0 Å². The standard InChI is InChI=1S/C14H21FN2O2/c1-9(2)8-17-14(3,13(16)18)12-10(15)6-5-7-11(12)19-4/h5-7,9,17H,8H2,1-4H3,(H2,16,18). The van der Waals surface area contributed by atoms with Crippen molar-refractivity contribution in [2.45, 2.75) is 26.3 Å². The molecule has 4 nitrogen and oxygen atoms in total. The maximum atomic E-state index is 14.1. The minimum Gasteiger partial charge on any atom is -0.496 e. The molecule has 1 atom stereocenters. The number of amides is 1. The maximum Gasteiger partial charge on any atom is 0.242 e. The molecule has 0 heterocycles. The minimum atomic E-state index is -1.30. The largest absolute Gasteiger partial charge is 0.496 e. The summed E-state index contributed by atoms with van der Waals surface area (Å²) in [7, 11) is 1.43. The summed E-state index contributed by atoms with van der Waals surface area (Å²) >= 11 is 0. The Morgan fingerprint density at radius 1 is 1.53 bits per heavy atom. The fourth-order valence-corrected chi connectivity index (χ4v) is 1.87. The van der Waals surface area contributed by atoms with Crippen LogP contribution in [0.5, 0.6) is 5.75 Å². The first kappa shape index (κ1) is 15.4. The molecule has 19 heavy (non-hydrogen) atoms. The summed E-state index contributed by atoms with van der Waals surface area (Å²) in [6.07, 6.45) is 0. The van der Waals surface area contributed by atoms with Crippen LogP contribution >= 0.6 is 0 Å². The Balaban J connectivity index is 3.29. The van der Waals surface area contributed by atoms with Gasteiger partial charge < -0.3 is 10.5 Å². The van der Waals surface area contributed by atoms with E-state index in [0.29, 0.717) is 18.2 Å². The first-order chi connectivity index (χ1) is 8.82. The molecule has 0 aliphatic heterocycles. The van der Waals surface area contributed by atoms with Crippen LogP contribution in [0.4, 0.5) is 4.39 Å². The Morgan fingerprint density at radius 2 is 2.16 bits per heavy atom. The number of hydrogen-bond acceptors (Lipinski definition) is 3. The SMILES string of the molecule is COc1cccc(F)c1C(C)(NCC(C)C)C(N)=O. The fraction of sp³-hybridized carbons (Fsp3) is 0.500. The number of primary amides is 1. The van der Waals surface area contributed by atoms with Gasteiger partial charge in [-0.25, -0.2) is 4.39 Å². The zero-order valence-electron chi connectivity index (χ0n) is 11.8. The van der Waals surface area contributed by atoms with Crippen LogP contribution in [0, 0.1) is 11.7 Å². The zero-order valence-corrected chi connectivity index (χ0v) is 11.8. The monoisotopic (exact) mass is 268 g/mol. The third kappa shape index (κ3) is 3.23. The Morgan fingerprint density at radius 3 is 2.63 bits per heavy atom. The van der Waals surface area contributed by atoms with E-state index in [4.69, 9.17) is 10.5 Å². The molecule has 0 fully saturated rings. The molecule has 0 saturated carbocycles. The molecule has 0 saturated heterocycles. The summed E-state index contributed by atoms with van der Waals surface area (Å²) in [5.41, 5.74) is 4.30. The smallest absolute Gasteiger partial charge is 0.242 e. The van der Waals surface area contributed by atoms with Gasteiger partial charge in [-0.3, -0.25) is 10.1 Å². The number of methoxy groups -OCH3 is 1. The van der Waals surface area contributed by atoms with Crippen LogP contribution < -0.4 is 15.8 Å². The van der Waals surface area contributed by atoms with Crippen LogP contribution in [0.1, 0.15) is 26.3 Å². The van der Waals surface area contributed by atoms with Crippen molar-refractivity contribution in [1.82, 2.24) is 5.32 Å². The highest BCUT2D eigenvalue weighted by molar-refractivity contribution is 5.86. The van der Waals surface area contributed by atoms with Gasteiger partial charge in [0.05, 0.1) is 12.7 Å². The van der Waals surface area contributed by atoms with Crippen molar-refractivity contribution in [3.63, 3.8) is 0 Å². The molecule has 0 spiro atoms. The summed E-state index contributed by atoms with van der Waals surface area (Å²) < 4.78 is 19.2. The molecular formula is C14H21FN2O2. The van der Waals surface area contributed by atoms with Crippen molar-refractivity contribution in [2.24, 2.45) is 11.7 Å². The van der Waals surface area contributed by atoms with E-state index in [0.717, 1.165) is 0 Å². The van der Waals surface area contributed by atoms with Crippen molar-refractivity contribution in [3.8, 4) is 5.75 Å². The number of nitrogens with two attached hydrogens (primary N) is 1. The lowest BCUT2D eigenvalue weighted by atomic mass is 9.89. The molecule has 1 amide bonds. The van der Waals surface area contributed by atoms with Gasteiger partial charge in [0.15, 0.2) is 0 Å². The minimum absolute atomic E-state index is 0.144. The Kier molecular flexibility index (Phi) is 4.89. The second-order valence-electron chi connectivity index (χ2n) is 5.08. The Hall–Kier alpha value is -1.62. The van der Waals surface area contributed by atoms with E-state index < -0.39 is 17.3 Å². The molecule has 0 aromatic heterocycles. The molecular weight excluding hydrogens is 247 g/mol. The van der Waals surface area contributed by atoms with Crippen LogP contribution in [-0.2, 0) is 10.3 Å². The Labute approximate surface area is 113 Å². The van der Waals surface area contributed by atoms with E-state index >= 15 is 0 Å². The Bertz CT molecular complexity index is 463. The van der Waals surface area contributed by atoms with Gasteiger partial charge in [0, 0.05) is 0 Å². The quantitative estimate of drug-likeness (QED) is 0.826. The van der Waals surface area contributed by atoms with E-state index in [9.17, 15) is 9.18 Å². The molecule has 5 heteroatoms. The predicted molar refractivity (Wildman–Crippen MR) is 72.3 cm³/mol. The van der Waals surface area contributed by atoms with Crippen molar-refractivity contribution in [2.75, 3.05) is 13.7 Å². The first-order valence-electron chi connectivity index (χ1n) is 6.20. The van der Waals surface area contributed by atoms with Gasteiger partial charge in [-0.05, 0) is 31.5 Å². The number of nitrogens with one attached hydrogen (secondary N) is 1. The second-order valence-corrected chi connectivity index (χ2v) is 5.08. The van der Waals surface area contributed by atoms with Crippen LogP contribution in [0.25, 0.3) is 0 Å². The third-order valence-corrected chi connectivity index (χ3v) is 3.05. The summed E-state index contributed by atoms with van der Waals surface area (Å²) in [6, 6.07) is 4.42. The van der Waals surface area contributed by atoms with Gasteiger partial charge in [0.1, 0.15) is 17.1 Å². The fourth-order valence-electron chi connectivity index (χ4n) is 1.87. The topological polar surface area (TPSA) is 64.3 Å². The highest BCUT2D eigenvalue weighted by atomic mass is 19.1. The molecule has 0 aliphatic rings. The van der Waals surface area contributed by atoms with E-state index in [2.05, 4.69) is 5.32 Å². The van der Waals surface area contributed by atoms with E-state index in [1.807, 2.05) is 13.8 Å². The molecule has 3 N–H and O–H groups in total. The highest BCUT2D eigenvalue weighted by Crippen LogP contribution is 2.32. The summed E-state index contributed by atoms with van der Waals surface area (Å²) in [4.78, 5) is 11.8. The molecule has 0 bridgehead atoms. The van der Waals surface area contributed by atoms with Gasteiger partial charge >= 0.3 is 0 Å². The number of halogens is 1. The lowest BCUT2D eigenvalue weighted by molar-refractivity contribution is -0.124. The molecule has 1 aromatic rings. The van der Waals surface area contributed by atoms with Crippen LogP contribution in [0.15, 0.2) is 18.2 Å². The molecule has 106 valence electrons.